The molecule has 0 radical (unpaired) electrons. The van der Waals surface area contributed by atoms with Gasteiger partial charge in [-0.2, -0.15) is 0 Å². The van der Waals surface area contributed by atoms with E-state index in [0.29, 0.717) is 13.0 Å². The van der Waals surface area contributed by atoms with Crippen molar-refractivity contribution in [3.8, 4) is 11.1 Å². The highest BCUT2D eigenvalue weighted by Crippen LogP contribution is 2.44. The van der Waals surface area contributed by atoms with Crippen molar-refractivity contribution in [3.05, 3.63) is 59.7 Å². The van der Waals surface area contributed by atoms with Gasteiger partial charge in [-0.25, -0.2) is 4.79 Å². The van der Waals surface area contributed by atoms with Crippen molar-refractivity contribution in [3.63, 3.8) is 0 Å². The van der Waals surface area contributed by atoms with Crippen molar-refractivity contribution < 1.29 is 24.2 Å². The van der Waals surface area contributed by atoms with Crippen molar-refractivity contribution in [2.75, 3.05) is 13.2 Å². The van der Waals surface area contributed by atoms with E-state index in [1.165, 1.54) is 11.1 Å². The fraction of sp³-hybridized carbons (Fsp3) is 0.464. The van der Waals surface area contributed by atoms with E-state index in [4.69, 9.17) is 9.84 Å². The zero-order valence-electron chi connectivity index (χ0n) is 19.8. The van der Waals surface area contributed by atoms with Gasteiger partial charge in [0, 0.05) is 31.0 Å². The fourth-order valence-corrected chi connectivity index (χ4v) is 6.15. The maximum absolute atomic E-state index is 13.3. The number of carboxylic acids is 1. The lowest BCUT2D eigenvalue weighted by Gasteiger charge is -2.30. The Kier molecular flexibility index (Phi) is 6.75. The third-order valence-electron chi connectivity index (χ3n) is 7.83. The number of likely N-dealkylation sites (tertiary alicyclic amines) is 1. The molecule has 3 atom stereocenters. The molecule has 1 aliphatic heterocycles. The highest BCUT2D eigenvalue weighted by molar-refractivity contribution is 5.82. The number of hydrogen-bond donors (Lipinski definition) is 2. The minimum absolute atomic E-state index is 0.00579. The van der Waals surface area contributed by atoms with Crippen molar-refractivity contribution in [2.45, 2.75) is 62.9 Å². The first-order valence-corrected chi connectivity index (χ1v) is 12.7. The Morgan fingerprint density at radius 2 is 1.63 bits per heavy atom. The summed E-state index contributed by atoms with van der Waals surface area (Å²) in [7, 11) is 0. The normalized spacial score (nSPS) is 23.1. The standard InChI is InChI=1S/C28H32N2O5/c31-26(32)15-14-18-7-6-16-30(18)27(33)23-12-5-13-25(23)29-28(34)35-17-24-21-10-3-1-8-19(21)20-9-2-4-11-22(20)24/h1-4,8-11,18,23-25H,5-7,12-17H2,(H,29,34)(H,31,32). The monoisotopic (exact) mass is 476 g/mol. The Hall–Kier alpha value is -3.35. The Morgan fingerprint density at radius 1 is 0.943 bits per heavy atom. The summed E-state index contributed by atoms with van der Waals surface area (Å²) in [6.45, 7) is 0.909. The minimum Gasteiger partial charge on any atom is -0.481 e. The number of carbonyl (C=O) groups excluding carboxylic acids is 2. The van der Waals surface area contributed by atoms with Crippen LogP contribution in [-0.2, 0) is 14.3 Å². The van der Waals surface area contributed by atoms with E-state index in [9.17, 15) is 14.4 Å². The van der Waals surface area contributed by atoms with Crippen LogP contribution in [0.15, 0.2) is 48.5 Å². The molecule has 0 aromatic heterocycles. The zero-order valence-corrected chi connectivity index (χ0v) is 19.8. The fourth-order valence-electron chi connectivity index (χ4n) is 6.15. The minimum atomic E-state index is -0.833. The number of alkyl carbamates (subject to hydrolysis) is 1. The van der Waals surface area contributed by atoms with Crippen LogP contribution in [0, 0.1) is 5.92 Å². The van der Waals surface area contributed by atoms with Crippen LogP contribution in [0.25, 0.3) is 11.1 Å². The number of nitrogens with zero attached hydrogens (tertiary/aromatic N) is 1. The van der Waals surface area contributed by atoms with Gasteiger partial charge < -0.3 is 20.1 Å². The molecule has 0 spiro atoms. The molecule has 2 aliphatic carbocycles. The second-order valence-corrected chi connectivity index (χ2v) is 9.87. The quantitative estimate of drug-likeness (QED) is 0.611. The first-order valence-electron chi connectivity index (χ1n) is 12.7. The molecule has 0 bridgehead atoms. The van der Waals surface area contributed by atoms with Gasteiger partial charge in [-0.3, -0.25) is 9.59 Å². The van der Waals surface area contributed by atoms with Crippen LogP contribution in [0.5, 0.6) is 0 Å². The molecular weight excluding hydrogens is 444 g/mol. The molecule has 2 aromatic carbocycles. The van der Waals surface area contributed by atoms with Crippen molar-refractivity contribution in [2.24, 2.45) is 5.92 Å². The van der Waals surface area contributed by atoms with Gasteiger partial charge in [-0.05, 0) is 54.4 Å². The SMILES string of the molecule is O=C(O)CCC1CCCN1C(=O)C1CCCC1NC(=O)OCC1c2ccccc2-c2ccccc21. The molecule has 2 N–H and O–H groups in total. The van der Waals surface area contributed by atoms with E-state index in [1.54, 1.807) is 0 Å². The number of rotatable bonds is 7. The second kappa shape index (κ2) is 10.1. The summed E-state index contributed by atoms with van der Waals surface area (Å²) in [5.41, 5.74) is 4.69. The van der Waals surface area contributed by atoms with Gasteiger partial charge in [0.05, 0.1) is 5.92 Å². The van der Waals surface area contributed by atoms with E-state index < -0.39 is 12.1 Å². The first kappa shape index (κ1) is 23.4. The largest absolute Gasteiger partial charge is 0.481 e. The van der Waals surface area contributed by atoms with E-state index in [0.717, 1.165) is 43.2 Å². The molecule has 3 unspecified atom stereocenters. The molecule has 7 nitrogen and oxygen atoms in total. The maximum Gasteiger partial charge on any atom is 0.407 e. The first-order chi connectivity index (χ1) is 17.0. The molecule has 184 valence electrons. The highest BCUT2D eigenvalue weighted by Gasteiger charge is 2.40. The third kappa shape index (κ3) is 4.77. The lowest BCUT2D eigenvalue weighted by Crippen LogP contribution is -2.47. The molecule has 5 rings (SSSR count). The third-order valence-corrected chi connectivity index (χ3v) is 7.83. The van der Waals surface area contributed by atoms with E-state index in [1.807, 2.05) is 29.2 Å². The number of aliphatic carboxylic acids is 1. The number of carbonyl (C=O) groups is 3. The molecule has 2 amide bonds. The Morgan fingerprint density at radius 3 is 2.31 bits per heavy atom. The van der Waals surface area contributed by atoms with Crippen LogP contribution in [0.3, 0.4) is 0 Å². The average Bonchev–Trinajstić information content (AvgIpc) is 3.59. The zero-order chi connectivity index (χ0) is 24.4. The molecule has 35 heavy (non-hydrogen) atoms. The van der Waals surface area contributed by atoms with Crippen LogP contribution in [0.2, 0.25) is 0 Å². The van der Waals surface area contributed by atoms with Gasteiger partial charge in [0.25, 0.3) is 0 Å². The van der Waals surface area contributed by atoms with Gasteiger partial charge >= 0.3 is 12.1 Å². The van der Waals surface area contributed by atoms with Crippen LogP contribution in [0.1, 0.15) is 62.0 Å². The van der Waals surface area contributed by atoms with Crippen LogP contribution in [-0.4, -0.2) is 53.2 Å². The van der Waals surface area contributed by atoms with Gasteiger partial charge in [-0.1, -0.05) is 55.0 Å². The smallest absolute Gasteiger partial charge is 0.407 e. The lowest BCUT2D eigenvalue weighted by atomic mass is 9.98. The predicted octanol–water partition coefficient (Wildman–Crippen LogP) is 4.55. The summed E-state index contributed by atoms with van der Waals surface area (Å²) in [5.74, 6) is -1.08. The van der Waals surface area contributed by atoms with Gasteiger partial charge in [0.15, 0.2) is 0 Å². The van der Waals surface area contributed by atoms with Crippen molar-refractivity contribution >= 4 is 18.0 Å². The van der Waals surface area contributed by atoms with Crippen molar-refractivity contribution in [1.29, 1.82) is 0 Å². The Bertz CT molecular complexity index is 1070. The number of nitrogens with one attached hydrogen (secondary N) is 1. The van der Waals surface area contributed by atoms with Gasteiger partial charge in [0.1, 0.15) is 6.61 Å². The lowest BCUT2D eigenvalue weighted by molar-refractivity contribution is -0.140. The van der Waals surface area contributed by atoms with E-state index in [2.05, 4.69) is 29.6 Å². The molecule has 1 saturated carbocycles. The number of ether oxygens (including phenoxy) is 1. The number of hydrogen-bond acceptors (Lipinski definition) is 4. The van der Waals surface area contributed by atoms with Gasteiger partial charge in [0.2, 0.25) is 5.91 Å². The molecule has 3 aliphatic rings. The average molecular weight is 477 g/mol. The Balaban J connectivity index is 1.20. The summed E-state index contributed by atoms with van der Waals surface area (Å²) < 4.78 is 5.70. The molecule has 2 aromatic rings. The second-order valence-electron chi connectivity index (χ2n) is 9.87. The summed E-state index contributed by atoms with van der Waals surface area (Å²) >= 11 is 0. The van der Waals surface area contributed by atoms with Crippen LogP contribution < -0.4 is 5.32 Å². The van der Waals surface area contributed by atoms with Crippen molar-refractivity contribution in [1.82, 2.24) is 10.2 Å². The number of carboxylic acid groups (broad SMARTS) is 1. The summed E-state index contributed by atoms with van der Waals surface area (Å²) in [5, 5.41) is 12.0. The van der Waals surface area contributed by atoms with E-state index >= 15 is 0 Å². The van der Waals surface area contributed by atoms with Gasteiger partial charge in [-0.15, -0.1) is 0 Å². The molecule has 1 heterocycles. The summed E-state index contributed by atoms with van der Waals surface area (Å²) in [6.07, 6.45) is 4.16. The number of fused-ring (bicyclic) bond motifs is 3. The Labute approximate surface area is 205 Å². The predicted molar refractivity (Wildman–Crippen MR) is 131 cm³/mol. The molecule has 1 saturated heterocycles. The molecule has 7 heteroatoms. The molecule has 2 fully saturated rings. The topological polar surface area (TPSA) is 95.9 Å². The summed E-state index contributed by atoms with van der Waals surface area (Å²) in [4.78, 5) is 39.0. The number of amides is 2. The number of benzene rings is 2. The summed E-state index contributed by atoms with van der Waals surface area (Å²) in [6, 6.07) is 16.2. The molecular formula is C28H32N2O5. The van der Waals surface area contributed by atoms with E-state index in [-0.39, 0.29) is 42.9 Å². The maximum atomic E-state index is 13.3. The highest BCUT2D eigenvalue weighted by atomic mass is 16.5. The van der Waals surface area contributed by atoms with Crippen LogP contribution in [0.4, 0.5) is 4.79 Å². The van der Waals surface area contributed by atoms with Crippen LogP contribution >= 0.6 is 0 Å².